The molecule has 0 spiro atoms. The molecule has 76 valence electrons. The Balaban J connectivity index is 4.21. The molecule has 0 unspecified atom stereocenters. The van der Waals surface area contributed by atoms with E-state index in [0.29, 0.717) is 11.7 Å². The van der Waals surface area contributed by atoms with Gasteiger partial charge in [-0.3, -0.25) is 0 Å². The molecule has 0 rings (SSSR count). The van der Waals surface area contributed by atoms with Crippen molar-refractivity contribution < 1.29 is 13.9 Å². The Labute approximate surface area is 81.1 Å². The molecule has 13 heavy (non-hydrogen) atoms. The molecular formula is C9H18O3Si. The maximum atomic E-state index is 5.58. The van der Waals surface area contributed by atoms with E-state index in [2.05, 4.69) is 26.2 Å². The van der Waals surface area contributed by atoms with E-state index in [1.807, 2.05) is 0 Å². The van der Waals surface area contributed by atoms with E-state index in [9.17, 15) is 0 Å². The van der Waals surface area contributed by atoms with Gasteiger partial charge >= 0.3 is 0 Å². The van der Waals surface area contributed by atoms with Gasteiger partial charge in [0.25, 0.3) is 5.95 Å². The molecule has 4 heteroatoms. The third kappa shape index (κ3) is 6.28. The largest absolute Gasteiger partial charge is 0.545 e. The molecule has 0 aromatic rings. The van der Waals surface area contributed by atoms with Crippen molar-refractivity contribution in [2.24, 2.45) is 0 Å². The lowest BCUT2D eigenvalue weighted by Crippen LogP contribution is -2.24. The Bertz CT molecular complexity index is 197. The fourth-order valence-electron chi connectivity index (χ4n) is 0.755. The van der Waals surface area contributed by atoms with Gasteiger partial charge in [-0.1, -0.05) is 6.58 Å². The van der Waals surface area contributed by atoms with Gasteiger partial charge in [0, 0.05) is 0 Å². The fraction of sp³-hybridized carbons (Fsp3) is 0.556. The van der Waals surface area contributed by atoms with Crippen LogP contribution in [0.15, 0.2) is 24.4 Å². The van der Waals surface area contributed by atoms with Crippen LogP contribution in [-0.2, 0) is 13.9 Å². The number of methoxy groups -OCH3 is 2. The van der Waals surface area contributed by atoms with Crippen LogP contribution in [0.4, 0.5) is 0 Å². The summed E-state index contributed by atoms with van der Waals surface area (Å²) in [6.45, 7) is 10.0. The second-order valence-corrected chi connectivity index (χ2v) is 7.98. The summed E-state index contributed by atoms with van der Waals surface area (Å²) in [4.78, 5) is 0. The van der Waals surface area contributed by atoms with Gasteiger partial charge in [-0.2, -0.15) is 0 Å². The molecule has 0 aromatic heterocycles. The standard InChI is InChI=1S/C9H18O3Si/c1-8(12-13(4,5)6)7-9(10-2)11-3/h7H,1H2,2-6H3. The van der Waals surface area contributed by atoms with Crippen LogP contribution in [0.1, 0.15) is 0 Å². The van der Waals surface area contributed by atoms with Gasteiger partial charge in [-0.25, -0.2) is 0 Å². The summed E-state index contributed by atoms with van der Waals surface area (Å²) in [5, 5.41) is 0. The monoisotopic (exact) mass is 202 g/mol. The van der Waals surface area contributed by atoms with Crippen molar-refractivity contribution in [3.63, 3.8) is 0 Å². The zero-order chi connectivity index (χ0) is 10.5. The second-order valence-electron chi connectivity index (χ2n) is 3.55. The molecule has 0 saturated heterocycles. The molecular weight excluding hydrogens is 184 g/mol. The summed E-state index contributed by atoms with van der Waals surface area (Å²) in [5.74, 6) is 0.987. The molecule has 0 aromatic carbocycles. The van der Waals surface area contributed by atoms with Crippen molar-refractivity contribution in [2.75, 3.05) is 14.2 Å². The molecule has 0 atom stereocenters. The first kappa shape index (κ1) is 12.1. The molecule has 0 heterocycles. The molecule has 0 bridgehead atoms. The first-order valence-corrected chi connectivity index (χ1v) is 7.47. The van der Waals surface area contributed by atoms with Crippen LogP contribution < -0.4 is 0 Å². The Morgan fingerprint density at radius 1 is 1.15 bits per heavy atom. The highest BCUT2D eigenvalue weighted by atomic mass is 28.4. The topological polar surface area (TPSA) is 27.7 Å². The average Bonchev–Trinajstić information content (AvgIpc) is 1.96. The smallest absolute Gasteiger partial charge is 0.282 e. The van der Waals surface area contributed by atoms with Crippen molar-refractivity contribution in [2.45, 2.75) is 19.6 Å². The summed E-state index contributed by atoms with van der Waals surface area (Å²) in [6.07, 6.45) is 1.64. The van der Waals surface area contributed by atoms with Crippen LogP contribution in [0.5, 0.6) is 0 Å². The van der Waals surface area contributed by atoms with Gasteiger partial charge in [0.2, 0.25) is 8.32 Å². The van der Waals surface area contributed by atoms with Gasteiger partial charge in [0.15, 0.2) is 0 Å². The summed E-state index contributed by atoms with van der Waals surface area (Å²) in [6, 6.07) is 0. The SMILES string of the molecule is C=C(C=C(OC)OC)O[Si](C)(C)C. The Morgan fingerprint density at radius 2 is 1.62 bits per heavy atom. The van der Waals surface area contributed by atoms with Crippen LogP contribution in [-0.4, -0.2) is 22.5 Å². The first-order valence-electron chi connectivity index (χ1n) is 4.06. The predicted molar refractivity (Wildman–Crippen MR) is 55.7 cm³/mol. The van der Waals surface area contributed by atoms with E-state index in [-0.39, 0.29) is 0 Å². The number of rotatable bonds is 5. The Kier molecular flexibility index (Phi) is 4.62. The molecule has 0 N–H and O–H groups in total. The highest BCUT2D eigenvalue weighted by Crippen LogP contribution is 2.11. The average molecular weight is 202 g/mol. The van der Waals surface area contributed by atoms with Crippen molar-refractivity contribution in [1.82, 2.24) is 0 Å². The van der Waals surface area contributed by atoms with E-state index >= 15 is 0 Å². The third-order valence-corrected chi connectivity index (χ3v) is 1.99. The molecule has 0 amide bonds. The molecule has 0 saturated carbocycles. The predicted octanol–water partition coefficient (Wildman–Crippen LogP) is 2.49. The second kappa shape index (κ2) is 4.96. The maximum absolute atomic E-state index is 5.58. The lowest BCUT2D eigenvalue weighted by molar-refractivity contribution is 0.0941. The van der Waals surface area contributed by atoms with Crippen LogP contribution in [0.3, 0.4) is 0 Å². The zero-order valence-electron chi connectivity index (χ0n) is 9.01. The number of hydrogen-bond acceptors (Lipinski definition) is 3. The molecule has 0 radical (unpaired) electrons. The van der Waals surface area contributed by atoms with Crippen molar-refractivity contribution in [3.8, 4) is 0 Å². The first-order chi connectivity index (χ1) is 5.89. The summed E-state index contributed by atoms with van der Waals surface area (Å²) in [5.41, 5.74) is 0. The maximum Gasteiger partial charge on any atom is 0.282 e. The van der Waals surface area contributed by atoms with E-state index < -0.39 is 8.32 Å². The number of ether oxygens (including phenoxy) is 2. The van der Waals surface area contributed by atoms with Gasteiger partial charge in [-0.05, 0) is 19.6 Å². The zero-order valence-corrected chi connectivity index (χ0v) is 10.0. The van der Waals surface area contributed by atoms with Gasteiger partial charge < -0.3 is 13.9 Å². The number of allylic oxidation sites excluding steroid dienone is 1. The highest BCUT2D eigenvalue weighted by Gasteiger charge is 2.16. The van der Waals surface area contributed by atoms with Crippen LogP contribution in [0.2, 0.25) is 19.6 Å². The summed E-state index contributed by atoms with van der Waals surface area (Å²) in [7, 11) is 1.51. The van der Waals surface area contributed by atoms with E-state index in [1.54, 1.807) is 6.08 Å². The minimum Gasteiger partial charge on any atom is -0.545 e. The van der Waals surface area contributed by atoms with Gasteiger partial charge in [0.05, 0.1) is 20.3 Å². The van der Waals surface area contributed by atoms with Crippen LogP contribution in [0.25, 0.3) is 0 Å². The summed E-state index contributed by atoms with van der Waals surface area (Å²) < 4.78 is 15.4. The lowest BCUT2D eigenvalue weighted by Gasteiger charge is -2.19. The lowest BCUT2D eigenvalue weighted by atomic mass is 10.5. The van der Waals surface area contributed by atoms with Gasteiger partial charge in [0.1, 0.15) is 5.76 Å². The Hall–Kier alpha value is -0.903. The minimum absolute atomic E-state index is 0.406. The summed E-state index contributed by atoms with van der Waals surface area (Å²) >= 11 is 0. The fourth-order valence-corrected chi connectivity index (χ4v) is 1.60. The number of hydrogen-bond donors (Lipinski definition) is 0. The molecule has 0 fully saturated rings. The highest BCUT2D eigenvalue weighted by molar-refractivity contribution is 6.70. The van der Waals surface area contributed by atoms with Crippen LogP contribution >= 0.6 is 0 Å². The van der Waals surface area contributed by atoms with Crippen molar-refractivity contribution in [1.29, 1.82) is 0 Å². The van der Waals surface area contributed by atoms with E-state index in [0.717, 1.165) is 0 Å². The third-order valence-electron chi connectivity index (χ3n) is 1.12. The van der Waals surface area contributed by atoms with E-state index in [1.165, 1.54) is 14.2 Å². The quantitative estimate of drug-likeness (QED) is 0.389. The minimum atomic E-state index is -1.57. The molecule has 0 aliphatic rings. The van der Waals surface area contributed by atoms with Crippen molar-refractivity contribution >= 4 is 8.32 Å². The van der Waals surface area contributed by atoms with Gasteiger partial charge in [-0.15, -0.1) is 0 Å². The molecule has 0 aliphatic heterocycles. The van der Waals surface area contributed by atoms with E-state index in [4.69, 9.17) is 13.9 Å². The van der Waals surface area contributed by atoms with Crippen molar-refractivity contribution in [3.05, 3.63) is 24.4 Å². The van der Waals surface area contributed by atoms with Crippen LogP contribution in [0, 0.1) is 0 Å². The normalized spacial score (nSPS) is 10.2. The molecule has 0 aliphatic carbocycles. The molecule has 3 nitrogen and oxygen atoms in total. The Morgan fingerprint density at radius 3 is 1.92 bits per heavy atom.